The van der Waals surface area contributed by atoms with Gasteiger partial charge in [-0.05, 0) is 69.2 Å². The Balaban J connectivity index is 1.49. The van der Waals surface area contributed by atoms with E-state index in [1.807, 2.05) is 49.4 Å². The SMILES string of the molecule is CCOC(=O)N1CCc2c(sc(NC(=O)c3ccc(N(CC)CC)cc3)c2-c2nc3ccccc3s2)C1. The van der Waals surface area contributed by atoms with Crippen LogP contribution in [-0.2, 0) is 17.7 Å². The van der Waals surface area contributed by atoms with Crippen molar-refractivity contribution in [1.82, 2.24) is 9.88 Å². The molecule has 9 heteroatoms. The number of fused-ring (bicyclic) bond motifs is 2. The van der Waals surface area contributed by atoms with E-state index in [4.69, 9.17) is 9.72 Å². The minimum atomic E-state index is -0.304. The van der Waals surface area contributed by atoms with E-state index in [1.54, 1.807) is 16.2 Å². The lowest BCUT2D eigenvalue weighted by Crippen LogP contribution is -2.35. The van der Waals surface area contributed by atoms with Gasteiger partial charge in [-0.25, -0.2) is 9.78 Å². The molecule has 37 heavy (non-hydrogen) atoms. The van der Waals surface area contributed by atoms with E-state index in [1.165, 1.54) is 11.3 Å². The van der Waals surface area contributed by atoms with Crippen LogP contribution in [0.25, 0.3) is 20.8 Å². The number of carbonyl (C=O) groups excluding carboxylic acids is 2. The third-order valence-corrected chi connectivity index (χ3v) is 8.76. The Kier molecular flexibility index (Phi) is 7.43. The summed E-state index contributed by atoms with van der Waals surface area (Å²) in [5.74, 6) is -0.158. The molecule has 0 saturated carbocycles. The van der Waals surface area contributed by atoms with Crippen molar-refractivity contribution in [2.45, 2.75) is 33.7 Å². The number of rotatable bonds is 7. The van der Waals surface area contributed by atoms with Gasteiger partial charge in [-0.2, -0.15) is 0 Å². The fraction of sp³-hybridized carbons (Fsp3) is 0.321. The van der Waals surface area contributed by atoms with Gasteiger partial charge in [0.2, 0.25) is 0 Å². The number of ether oxygens (including phenoxy) is 1. The topological polar surface area (TPSA) is 74.8 Å². The minimum absolute atomic E-state index is 0.158. The van der Waals surface area contributed by atoms with Gasteiger partial charge in [0.25, 0.3) is 5.91 Å². The molecule has 192 valence electrons. The van der Waals surface area contributed by atoms with E-state index in [2.05, 4.69) is 30.1 Å². The zero-order valence-corrected chi connectivity index (χ0v) is 22.9. The largest absolute Gasteiger partial charge is 0.450 e. The number of benzene rings is 2. The summed E-state index contributed by atoms with van der Waals surface area (Å²) in [6.45, 7) is 9.26. The number of thiophene rings is 1. The molecule has 2 aromatic carbocycles. The van der Waals surface area contributed by atoms with Crippen molar-refractivity contribution in [3.63, 3.8) is 0 Å². The first-order valence-electron chi connectivity index (χ1n) is 12.6. The first-order valence-corrected chi connectivity index (χ1v) is 14.2. The highest BCUT2D eigenvalue weighted by Crippen LogP contribution is 2.46. The van der Waals surface area contributed by atoms with Gasteiger partial charge in [0.15, 0.2) is 0 Å². The molecule has 0 unspecified atom stereocenters. The highest BCUT2D eigenvalue weighted by Gasteiger charge is 2.30. The van der Waals surface area contributed by atoms with E-state index in [-0.39, 0.29) is 12.0 Å². The maximum absolute atomic E-state index is 13.3. The molecule has 0 radical (unpaired) electrons. The summed E-state index contributed by atoms with van der Waals surface area (Å²) in [6, 6.07) is 15.8. The molecule has 0 aliphatic carbocycles. The normalized spacial score (nSPS) is 12.9. The lowest BCUT2D eigenvalue weighted by atomic mass is 10.0. The second kappa shape index (κ2) is 10.9. The van der Waals surface area contributed by atoms with E-state index < -0.39 is 0 Å². The first-order chi connectivity index (χ1) is 18.0. The third kappa shape index (κ3) is 5.06. The molecule has 0 saturated heterocycles. The Hall–Kier alpha value is -3.43. The van der Waals surface area contributed by atoms with E-state index in [9.17, 15) is 9.59 Å². The molecule has 1 N–H and O–H groups in total. The Labute approximate surface area is 224 Å². The fourth-order valence-corrected chi connectivity index (χ4v) is 7.02. The number of anilines is 2. The maximum atomic E-state index is 13.3. The molecule has 1 aliphatic rings. The monoisotopic (exact) mass is 534 g/mol. The van der Waals surface area contributed by atoms with Crippen molar-refractivity contribution in [2.75, 3.05) is 36.5 Å². The number of nitrogens with zero attached hydrogens (tertiary/aromatic N) is 3. The summed E-state index contributed by atoms with van der Waals surface area (Å²) in [5, 5.41) is 4.83. The molecule has 0 spiro atoms. The van der Waals surface area contributed by atoms with Gasteiger partial charge >= 0.3 is 6.09 Å². The standard InChI is InChI=1S/C28H30N4O3S2/c1-4-31(5-2)19-13-11-18(12-14-19)25(33)30-27-24(26-29-21-9-7-8-10-22(21)36-26)20-15-16-32(17-23(20)37-27)28(34)35-6-3/h7-14H,4-6,15-17H2,1-3H3,(H,30,33). The van der Waals surface area contributed by atoms with Crippen LogP contribution >= 0.6 is 22.7 Å². The van der Waals surface area contributed by atoms with Crippen molar-refractivity contribution in [1.29, 1.82) is 0 Å². The average molecular weight is 535 g/mol. The summed E-state index contributed by atoms with van der Waals surface area (Å²) in [5.41, 5.74) is 4.76. The van der Waals surface area contributed by atoms with Crippen LogP contribution in [-0.4, -0.2) is 48.1 Å². The van der Waals surface area contributed by atoms with Crippen molar-refractivity contribution in [2.24, 2.45) is 0 Å². The predicted molar refractivity (Wildman–Crippen MR) is 152 cm³/mol. The molecule has 0 fully saturated rings. The summed E-state index contributed by atoms with van der Waals surface area (Å²) in [4.78, 5) is 35.7. The molecule has 1 aliphatic heterocycles. The maximum Gasteiger partial charge on any atom is 0.410 e. The van der Waals surface area contributed by atoms with Gasteiger partial charge < -0.3 is 19.9 Å². The fourth-order valence-electron chi connectivity index (χ4n) is 4.66. The number of hydrogen-bond acceptors (Lipinski definition) is 7. The van der Waals surface area contributed by atoms with E-state index >= 15 is 0 Å². The summed E-state index contributed by atoms with van der Waals surface area (Å²) >= 11 is 3.15. The number of para-hydroxylation sites is 1. The first kappa shape index (κ1) is 25.2. The molecule has 0 bridgehead atoms. The van der Waals surface area contributed by atoms with Crippen LogP contribution in [0.2, 0.25) is 0 Å². The van der Waals surface area contributed by atoms with E-state index in [0.717, 1.165) is 55.0 Å². The number of amides is 2. The molecule has 3 heterocycles. The average Bonchev–Trinajstić information content (AvgIpc) is 3.50. The number of nitrogens with one attached hydrogen (secondary N) is 1. The number of aromatic nitrogens is 1. The molecule has 0 atom stereocenters. The van der Waals surface area contributed by atoms with Crippen molar-refractivity contribution >= 4 is 55.6 Å². The van der Waals surface area contributed by atoms with Gasteiger partial charge in [0.1, 0.15) is 10.0 Å². The third-order valence-electron chi connectivity index (χ3n) is 6.58. The van der Waals surface area contributed by atoms with Crippen LogP contribution < -0.4 is 10.2 Å². The minimum Gasteiger partial charge on any atom is -0.450 e. The van der Waals surface area contributed by atoms with Crippen LogP contribution in [0.5, 0.6) is 0 Å². The summed E-state index contributed by atoms with van der Waals surface area (Å²) in [6.07, 6.45) is 0.381. The lowest BCUT2D eigenvalue weighted by molar-refractivity contribution is 0.102. The Morgan fingerprint density at radius 3 is 2.51 bits per heavy atom. The van der Waals surface area contributed by atoms with Crippen LogP contribution in [0, 0.1) is 0 Å². The quantitative estimate of drug-likeness (QED) is 0.288. The Morgan fingerprint density at radius 2 is 1.81 bits per heavy atom. The molecule has 4 aromatic rings. The summed E-state index contributed by atoms with van der Waals surface area (Å²) < 4.78 is 6.33. The zero-order chi connectivity index (χ0) is 25.9. The lowest BCUT2D eigenvalue weighted by Gasteiger charge is -2.26. The smallest absolute Gasteiger partial charge is 0.410 e. The summed E-state index contributed by atoms with van der Waals surface area (Å²) in [7, 11) is 0. The highest BCUT2D eigenvalue weighted by molar-refractivity contribution is 7.23. The van der Waals surface area contributed by atoms with Crippen LogP contribution in [0.1, 0.15) is 41.6 Å². The number of thiazole rings is 1. The van der Waals surface area contributed by atoms with Gasteiger partial charge in [0, 0.05) is 41.3 Å². The molecule has 5 rings (SSSR count). The Morgan fingerprint density at radius 1 is 1.05 bits per heavy atom. The van der Waals surface area contributed by atoms with Crippen molar-refractivity contribution in [3.8, 4) is 10.6 Å². The van der Waals surface area contributed by atoms with Crippen LogP contribution in [0.3, 0.4) is 0 Å². The van der Waals surface area contributed by atoms with Crippen LogP contribution in [0.4, 0.5) is 15.5 Å². The van der Waals surface area contributed by atoms with Gasteiger partial charge in [0.05, 0.1) is 23.4 Å². The van der Waals surface area contributed by atoms with Gasteiger partial charge in [-0.1, -0.05) is 12.1 Å². The van der Waals surface area contributed by atoms with E-state index in [0.29, 0.717) is 31.7 Å². The van der Waals surface area contributed by atoms with Crippen LogP contribution in [0.15, 0.2) is 48.5 Å². The number of hydrogen-bond donors (Lipinski definition) is 1. The van der Waals surface area contributed by atoms with Crippen molar-refractivity contribution in [3.05, 3.63) is 64.5 Å². The molecule has 2 aromatic heterocycles. The second-order valence-corrected chi connectivity index (χ2v) is 10.9. The molecule has 2 amide bonds. The predicted octanol–water partition coefficient (Wildman–Crippen LogP) is 6.64. The zero-order valence-electron chi connectivity index (χ0n) is 21.2. The van der Waals surface area contributed by atoms with Gasteiger partial charge in [-0.3, -0.25) is 4.79 Å². The Bertz CT molecular complexity index is 1390. The number of carbonyl (C=O) groups is 2. The molecular formula is C28H30N4O3S2. The van der Waals surface area contributed by atoms with Crippen molar-refractivity contribution < 1.29 is 14.3 Å². The highest BCUT2D eigenvalue weighted by atomic mass is 32.1. The molecular weight excluding hydrogens is 504 g/mol. The second-order valence-electron chi connectivity index (χ2n) is 8.74. The van der Waals surface area contributed by atoms with Gasteiger partial charge in [-0.15, -0.1) is 22.7 Å². The molecule has 7 nitrogen and oxygen atoms in total.